The number of hydrogen-bond acceptors (Lipinski definition) is 5. The maximum absolute atomic E-state index is 14.5. The Morgan fingerprint density at radius 1 is 1.07 bits per heavy atom. The van der Waals surface area contributed by atoms with Gasteiger partial charge in [0.05, 0.1) is 17.6 Å². The van der Waals surface area contributed by atoms with E-state index in [9.17, 15) is 22.0 Å². The minimum atomic E-state index is -4.30. The fourth-order valence-corrected chi connectivity index (χ4v) is 3.22. The van der Waals surface area contributed by atoms with E-state index in [2.05, 4.69) is 20.0 Å². The molecule has 0 radical (unpaired) electrons. The molecule has 0 spiro atoms. The molecule has 0 fully saturated rings. The second-order valence-corrected chi connectivity index (χ2v) is 6.72. The first-order valence-corrected chi connectivity index (χ1v) is 9.14. The average molecular weight is 414 g/mol. The first-order chi connectivity index (χ1) is 13.3. The minimum absolute atomic E-state index is 0.0305. The zero-order valence-electron chi connectivity index (χ0n) is 14.6. The van der Waals surface area contributed by atoms with Gasteiger partial charge in [0.25, 0.3) is 0 Å². The number of halogens is 5. The first kappa shape index (κ1) is 20.1. The van der Waals surface area contributed by atoms with Crippen LogP contribution in [0, 0.1) is 11.6 Å². The van der Waals surface area contributed by atoms with E-state index in [4.69, 9.17) is 0 Å². The maximum atomic E-state index is 14.5. The van der Waals surface area contributed by atoms with Crippen molar-refractivity contribution >= 4 is 34.5 Å². The van der Waals surface area contributed by atoms with Gasteiger partial charge in [-0.05, 0) is 29.8 Å². The predicted molar refractivity (Wildman–Crippen MR) is 101 cm³/mol. The van der Waals surface area contributed by atoms with Crippen molar-refractivity contribution in [2.75, 3.05) is 22.8 Å². The van der Waals surface area contributed by atoms with Crippen LogP contribution in [0.15, 0.2) is 36.5 Å². The van der Waals surface area contributed by atoms with Crippen molar-refractivity contribution in [3.8, 4) is 11.1 Å². The third kappa shape index (κ3) is 4.61. The normalized spacial score (nSPS) is 11.6. The number of fused-ring (bicyclic) bond motifs is 1. The second kappa shape index (κ2) is 8.17. The number of nitrogens with zero attached hydrogens (tertiary/aromatic N) is 2. The minimum Gasteiger partial charge on any atom is -0.357 e. The van der Waals surface area contributed by atoms with Gasteiger partial charge in [-0.25, -0.2) is 18.7 Å². The van der Waals surface area contributed by atoms with Crippen LogP contribution in [-0.2, 0) is 0 Å². The molecule has 0 saturated carbocycles. The van der Waals surface area contributed by atoms with E-state index in [-0.39, 0.29) is 17.0 Å². The predicted octanol–water partition coefficient (Wildman–Crippen LogP) is 5.63. The van der Waals surface area contributed by atoms with Crippen LogP contribution in [0.1, 0.15) is 6.42 Å². The lowest BCUT2D eigenvalue weighted by Crippen LogP contribution is -2.09. The largest absolute Gasteiger partial charge is 0.389 e. The summed E-state index contributed by atoms with van der Waals surface area (Å²) in [5.41, 5.74) is 0.892. The van der Waals surface area contributed by atoms with Gasteiger partial charge in [0.1, 0.15) is 0 Å². The van der Waals surface area contributed by atoms with Crippen molar-refractivity contribution in [3.63, 3.8) is 0 Å². The molecule has 2 N–H and O–H groups in total. The molecule has 0 amide bonds. The number of alkyl halides is 3. The number of hydrogen-bond donors (Lipinski definition) is 2. The highest BCUT2D eigenvalue weighted by atomic mass is 32.2. The molecule has 1 aromatic heterocycles. The molecule has 0 bridgehead atoms. The molecule has 2 aromatic carbocycles. The van der Waals surface area contributed by atoms with Gasteiger partial charge in [-0.3, -0.25) is 0 Å². The lowest BCUT2D eigenvalue weighted by molar-refractivity contribution is -0.129. The van der Waals surface area contributed by atoms with Gasteiger partial charge in [-0.1, -0.05) is 18.0 Å². The van der Waals surface area contributed by atoms with E-state index in [1.165, 1.54) is 12.1 Å². The van der Waals surface area contributed by atoms with Gasteiger partial charge in [0.2, 0.25) is 5.95 Å². The van der Waals surface area contributed by atoms with Crippen molar-refractivity contribution in [1.29, 1.82) is 0 Å². The van der Waals surface area contributed by atoms with Gasteiger partial charge in [0, 0.05) is 29.9 Å². The summed E-state index contributed by atoms with van der Waals surface area (Å²) in [6.07, 6.45) is -3.75. The Labute approximate surface area is 161 Å². The van der Waals surface area contributed by atoms with Crippen LogP contribution in [0.25, 0.3) is 22.0 Å². The fourth-order valence-electron chi connectivity index (χ4n) is 2.47. The average Bonchev–Trinajstić information content (AvgIpc) is 2.66. The molecule has 148 valence electrons. The maximum Gasteiger partial charge on any atom is 0.389 e. The van der Waals surface area contributed by atoms with Gasteiger partial charge in [0.15, 0.2) is 11.6 Å². The summed E-state index contributed by atoms with van der Waals surface area (Å²) in [7, 11) is 1.69. The second-order valence-electron chi connectivity index (χ2n) is 5.82. The van der Waals surface area contributed by atoms with Gasteiger partial charge < -0.3 is 10.0 Å². The van der Waals surface area contributed by atoms with Crippen LogP contribution >= 0.6 is 11.9 Å². The molecule has 0 aliphatic carbocycles. The summed E-state index contributed by atoms with van der Waals surface area (Å²) in [4.78, 5) is 8.35. The summed E-state index contributed by atoms with van der Waals surface area (Å²) >= 11 is 0.664. The quantitative estimate of drug-likeness (QED) is 0.311. The molecular formula is C18H15F5N4S. The smallest absolute Gasteiger partial charge is 0.357 e. The topological polar surface area (TPSA) is 49.8 Å². The zero-order valence-corrected chi connectivity index (χ0v) is 15.4. The highest BCUT2D eigenvalue weighted by molar-refractivity contribution is 8.00. The highest BCUT2D eigenvalue weighted by Gasteiger charge is 2.26. The summed E-state index contributed by atoms with van der Waals surface area (Å²) < 4.78 is 67.7. The van der Waals surface area contributed by atoms with Gasteiger partial charge in [-0.2, -0.15) is 13.2 Å². The van der Waals surface area contributed by atoms with Crippen LogP contribution in [0.2, 0.25) is 0 Å². The van der Waals surface area contributed by atoms with E-state index in [0.717, 1.165) is 0 Å². The Morgan fingerprint density at radius 2 is 1.86 bits per heavy atom. The van der Waals surface area contributed by atoms with Crippen LogP contribution < -0.4 is 10.0 Å². The Hall–Kier alpha value is -2.62. The van der Waals surface area contributed by atoms with Crippen molar-refractivity contribution in [3.05, 3.63) is 48.2 Å². The molecule has 0 aliphatic heterocycles. The van der Waals surface area contributed by atoms with Gasteiger partial charge >= 0.3 is 6.18 Å². The Kier molecular flexibility index (Phi) is 5.87. The van der Waals surface area contributed by atoms with Crippen LogP contribution in [0.4, 0.5) is 33.6 Å². The Bertz CT molecular complexity index is 994. The standard InChI is InChI=1S/C18H15F5N4S/c1-24-17-25-9-11-8-10(2-4-13(11)26-17)12-3-5-14(16(20)15(12)19)27-28-7-6-18(21,22)23/h2-5,8-9,27H,6-7H2,1H3,(H,24,25,26). The SMILES string of the molecule is CNc1ncc2cc(-c3ccc(NSCCC(F)(F)F)c(F)c3F)ccc2n1. The molecule has 0 atom stereocenters. The third-order valence-electron chi connectivity index (χ3n) is 3.87. The lowest BCUT2D eigenvalue weighted by atomic mass is 10.0. The molecule has 0 saturated heterocycles. The number of rotatable bonds is 6. The zero-order chi connectivity index (χ0) is 20.3. The highest BCUT2D eigenvalue weighted by Crippen LogP contribution is 2.32. The molecule has 10 heteroatoms. The van der Waals surface area contributed by atoms with E-state index in [1.54, 1.807) is 31.4 Å². The summed E-state index contributed by atoms with van der Waals surface area (Å²) in [6, 6.07) is 7.58. The van der Waals surface area contributed by atoms with Crippen LogP contribution in [0.3, 0.4) is 0 Å². The molecule has 0 unspecified atom stereocenters. The van der Waals surface area contributed by atoms with E-state index >= 15 is 0 Å². The van der Waals surface area contributed by atoms with E-state index in [0.29, 0.717) is 34.4 Å². The van der Waals surface area contributed by atoms with Crippen molar-refractivity contribution in [2.45, 2.75) is 12.6 Å². The van der Waals surface area contributed by atoms with Crippen LogP contribution in [-0.4, -0.2) is 28.9 Å². The molecule has 0 aliphatic rings. The number of nitrogens with one attached hydrogen (secondary N) is 2. The molecule has 3 rings (SSSR count). The van der Waals surface area contributed by atoms with Crippen LogP contribution in [0.5, 0.6) is 0 Å². The molecular weight excluding hydrogens is 399 g/mol. The summed E-state index contributed by atoms with van der Waals surface area (Å²) in [6.45, 7) is 0. The van der Waals surface area contributed by atoms with Crippen molar-refractivity contribution < 1.29 is 22.0 Å². The van der Waals surface area contributed by atoms with Crippen molar-refractivity contribution in [2.24, 2.45) is 0 Å². The Balaban J connectivity index is 1.81. The third-order valence-corrected chi connectivity index (χ3v) is 4.64. The first-order valence-electron chi connectivity index (χ1n) is 8.16. The lowest BCUT2D eigenvalue weighted by Gasteiger charge is -2.11. The molecule has 28 heavy (non-hydrogen) atoms. The van der Waals surface area contributed by atoms with Crippen molar-refractivity contribution in [1.82, 2.24) is 9.97 Å². The molecule has 4 nitrogen and oxygen atoms in total. The summed E-state index contributed by atoms with van der Waals surface area (Å²) in [5.74, 6) is -2.12. The van der Waals surface area contributed by atoms with E-state index < -0.39 is 24.2 Å². The Morgan fingerprint density at radius 3 is 2.57 bits per heavy atom. The number of benzene rings is 2. The number of anilines is 2. The van der Waals surface area contributed by atoms with Gasteiger partial charge in [-0.15, -0.1) is 0 Å². The molecule has 1 heterocycles. The monoisotopic (exact) mass is 414 g/mol. The fraction of sp³-hybridized carbons (Fsp3) is 0.222. The number of aromatic nitrogens is 2. The molecule has 3 aromatic rings. The summed E-state index contributed by atoms with van der Waals surface area (Å²) in [5, 5.41) is 3.47. The van der Waals surface area contributed by atoms with E-state index in [1.807, 2.05) is 0 Å².